The Morgan fingerprint density at radius 3 is 2.40 bits per heavy atom. The largest absolute Gasteiger partial charge is 0.363 e. The molecule has 2 aromatic rings. The molecular weight excluding hydrogens is 250 g/mol. The Bertz CT molecular complexity index is 541. The van der Waals surface area contributed by atoms with Gasteiger partial charge in [0.05, 0.1) is 6.04 Å². The Morgan fingerprint density at radius 1 is 1.10 bits per heavy atom. The fourth-order valence-electron chi connectivity index (χ4n) is 2.27. The summed E-state index contributed by atoms with van der Waals surface area (Å²) >= 11 is 0. The van der Waals surface area contributed by atoms with Crippen LogP contribution in [0.2, 0.25) is 0 Å². The second kappa shape index (κ2) is 6.86. The normalized spacial score (nSPS) is 11.9. The Labute approximate surface area is 119 Å². The van der Waals surface area contributed by atoms with Crippen molar-refractivity contribution in [2.24, 2.45) is 5.84 Å². The van der Waals surface area contributed by atoms with Gasteiger partial charge in [0.2, 0.25) is 0 Å². The van der Waals surface area contributed by atoms with E-state index in [0.29, 0.717) is 5.82 Å². The summed E-state index contributed by atoms with van der Waals surface area (Å²) in [7, 11) is 0. The molecule has 106 valence electrons. The van der Waals surface area contributed by atoms with Gasteiger partial charge in [-0.1, -0.05) is 44.2 Å². The smallest absolute Gasteiger partial charge is 0.148 e. The summed E-state index contributed by atoms with van der Waals surface area (Å²) < 4.78 is 0. The lowest BCUT2D eigenvalue weighted by molar-refractivity contribution is 0.741. The minimum absolute atomic E-state index is 0.224. The van der Waals surface area contributed by atoms with E-state index >= 15 is 0 Å². The highest BCUT2D eigenvalue weighted by molar-refractivity contribution is 5.57. The van der Waals surface area contributed by atoms with Gasteiger partial charge < -0.3 is 10.7 Å². The number of nitrogens with zero attached hydrogens (tertiary/aromatic N) is 2. The van der Waals surface area contributed by atoms with Gasteiger partial charge in [-0.15, -0.1) is 0 Å². The number of hydrogen-bond acceptors (Lipinski definition) is 5. The molecule has 0 spiro atoms. The molecule has 0 saturated heterocycles. The molecule has 5 heteroatoms. The molecular formula is C15H21N5. The molecule has 0 aliphatic carbocycles. The summed E-state index contributed by atoms with van der Waals surface area (Å²) in [5.74, 6) is 7.01. The van der Waals surface area contributed by atoms with E-state index in [1.807, 2.05) is 18.2 Å². The number of benzene rings is 1. The van der Waals surface area contributed by atoms with Crippen LogP contribution in [0.25, 0.3) is 0 Å². The van der Waals surface area contributed by atoms with E-state index in [1.54, 1.807) is 0 Å². The van der Waals surface area contributed by atoms with Gasteiger partial charge in [-0.05, 0) is 18.4 Å². The summed E-state index contributed by atoms with van der Waals surface area (Å²) in [6.45, 7) is 4.22. The third-order valence-corrected chi connectivity index (χ3v) is 3.36. The van der Waals surface area contributed by atoms with Crippen molar-refractivity contribution in [3.8, 4) is 0 Å². The van der Waals surface area contributed by atoms with Crippen molar-refractivity contribution < 1.29 is 0 Å². The molecule has 0 fully saturated rings. The molecule has 1 aromatic heterocycles. The van der Waals surface area contributed by atoms with E-state index in [-0.39, 0.29) is 6.04 Å². The van der Waals surface area contributed by atoms with E-state index in [2.05, 4.69) is 46.7 Å². The number of nitrogens with one attached hydrogen (secondary N) is 2. The van der Waals surface area contributed by atoms with Crippen molar-refractivity contribution in [1.82, 2.24) is 9.97 Å². The fraction of sp³-hybridized carbons (Fsp3) is 0.333. The van der Waals surface area contributed by atoms with Gasteiger partial charge in [0, 0.05) is 5.56 Å². The number of nitrogens with two attached hydrogens (primary N) is 1. The average Bonchev–Trinajstić information content (AvgIpc) is 2.52. The molecule has 0 aliphatic heterocycles. The zero-order valence-corrected chi connectivity index (χ0v) is 11.9. The lowest BCUT2D eigenvalue weighted by atomic mass is 10.0. The van der Waals surface area contributed by atoms with Gasteiger partial charge in [-0.2, -0.15) is 0 Å². The SMILES string of the molecule is CCc1c(NN)ncnc1NC(CC)c1ccccc1. The van der Waals surface area contributed by atoms with Gasteiger partial charge in [0.25, 0.3) is 0 Å². The molecule has 0 radical (unpaired) electrons. The highest BCUT2D eigenvalue weighted by atomic mass is 15.3. The number of rotatable bonds is 6. The first-order valence-electron chi connectivity index (χ1n) is 6.92. The summed E-state index contributed by atoms with van der Waals surface area (Å²) in [6, 6.07) is 10.6. The van der Waals surface area contributed by atoms with E-state index in [9.17, 15) is 0 Å². The van der Waals surface area contributed by atoms with Crippen LogP contribution in [-0.4, -0.2) is 9.97 Å². The standard InChI is InChI=1S/C15H21N5/c1-3-12-14(17-10-18-15(12)20-16)19-13(4-2)11-8-6-5-7-9-11/h5-10,13H,3-4,16H2,1-2H3,(H2,17,18,19,20). The minimum Gasteiger partial charge on any atom is -0.363 e. The topological polar surface area (TPSA) is 75.9 Å². The van der Waals surface area contributed by atoms with Crippen LogP contribution >= 0.6 is 0 Å². The zero-order valence-electron chi connectivity index (χ0n) is 11.9. The van der Waals surface area contributed by atoms with Gasteiger partial charge >= 0.3 is 0 Å². The maximum atomic E-state index is 5.50. The van der Waals surface area contributed by atoms with Crippen LogP contribution in [0, 0.1) is 0 Å². The predicted molar refractivity (Wildman–Crippen MR) is 82.3 cm³/mol. The average molecular weight is 271 g/mol. The first kappa shape index (κ1) is 14.3. The van der Waals surface area contributed by atoms with E-state index < -0.39 is 0 Å². The van der Waals surface area contributed by atoms with Crippen LogP contribution < -0.4 is 16.6 Å². The van der Waals surface area contributed by atoms with E-state index in [0.717, 1.165) is 24.2 Å². The number of aromatic nitrogens is 2. The monoisotopic (exact) mass is 271 g/mol. The van der Waals surface area contributed by atoms with Crippen LogP contribution in [0.4, 0.5) is 11.6 Å². The van der Waals surface area contributed by atoms with Crippen molar-refractivity contribution in [2.75, 3.05) is 10.7 Å². The molecule has 1 aromatic carbocycles. The summed E-state index contributed by atoms with van der Waals surface area (Å²) in [5.41, 5.74) is 4.88. The predicted octanol–water partition coefficient (Wildman–Crippen LogP) is 2.89. The second-order valence-corrected chi connectivity index (χ2v) is 4.56. The highest BCUT2D eigenvalue weighted by Gasteiger charge is 2.14. The highest BCUT2D eigenvalue weighted by Crippen LogP contribution is 2.26. The Kier molecular flexibility index (Phi) is 4.90. The van der Waals surface area contributed by atoms with Crippen LogP contribution in [0.15, 0.2) is 36.7 Å². The summed E-state index contributed by atoms with van der Waals surface area (Å²) in [6.07, 6.45) is 3.31. The molecule has 0 aliphatic rings. The Morgan fingerprint density at radius 2 is 1.80 bits per heavy atom. The lowest BCUT2D eigenvalue weighted by Gasteiger charge is -2.20. The van der Waals surface area contributed by atoms with Crippen LogP contribution in [0.3, 0.4) is 0 Å². The first-order chi connectivity index (χ1) is 9.80. The molecule has 2 rings (SSSR count). The minimum atomic E-state index is 0.224. The van der Waals surface area contributed by atoms with Crippen LogP contribution in [-0.2, 0) is 6.42 Å². The van der Waals surface area contributed by atoms with Crippen LogP contribution in [0.1, 0.15) is 37.4 Å². The summed E-state index contributed by atoms with van der Waals surface area (Å²) in [5, 5.41) is 3.49. The number of nitrogen functional groups attached to an aromatic ring is 1. The molecule has 20 heavy (non-hydrogen) atoms. The summed E-state index contributed by atoms with van der Waals surface area (Å²) in [4.78, 5) is 8.50. The van der Waals surface area contributed by atoms with E-state index in [1.165, 1.54) is 11.9 Å². The third-order valence-electron chi connectivity index (χ3n) is 3.36. The zero-order chi connectivity index (χ0) is 14.4. The van der Waals surface area contributed by atoms with Crippen molar-refractivity contribution >= 4 is 11.6 Å². The number of hydrazine groups is 1. The van der Waals surface area contributed by atoms with E-state index in [4.69, 9.17) is 5.84 Å². The second-order valence-electron chi connectivity index (χ2n) is 4.56. The Hall–Kier alpha value is -2.14. The van der Waals surface area contributed by atoms with Crippen LogP contribution in [0.5, 0.6) is 0 Å². The first-order valence-corrected chi connectivity index (χ1v) is 6.92. The molecule has 0 amide bonds. The van der Waals surface area contributed by atoms with Gasteiger partial charge in [-0.25, -0.2) is 15.8 Å². The Balaban J connectivity index is 2.28. The number of hydrogen-bond donors (Lipinski definition) is 3. The molecule has 1 atom stereocenters. The maximum Gasteiger partial charge on any atom is 0.148 e. The molecule has 1 unspecified atom stereocenters. The quantitative estimate of drug-likeness (QED) is 0.556. The molecule has 0 bridgehead atoms. The van der Waals surface area contributed by atoms with Crippen molar-refractivity contribution in [2.45, 2.75) is 32.7 Å². The maximum absolute atomic E-state index is 5.50. The van der Waals surface area contributed by atoms with Gasteiger partial charge in [0.1, 0.15) is 18.0 Å². The molecule has 5 nitrogen and oxygen atoms in total. The number of anilines is 2. The van der Waals surface area contributed by atoms with Gasteiger partial charge in [0.15, 0.2) is 0 Å². The van der Waals surface area contributed by atoms with Crippen molar-refractivity contribution in [1.29, 1.82) is 0 Å². The fourth-order valence-corrected chi connectivity index (χ4v) is 2.27. The lowest BCUT2D eigenvalue weighted by Crippen LogP contribution is -2.16. The van der Waals surface area contributed by atoms with Crippen molar-refractivity contribution in [3.05, 3.63) is 47.8 Å². The van der Waals surface area contributed by atoms with Crippen molar-refractivity contribution in [3.63, 3.8) is 0 Å². The third kappa shape index (κ3) is 3.05. The molecule has 0 saturated carbocycles. The molecule has 1 heterocycles. The van der Waals surface area contributed by atoms with Gasteiger partial charge in [-0.3, -0.25) is 0 Å². The molecule has 4 N–H and O–H groups in total.